The number of aryl methyl sites for hydroxylation is 1. The van der Waals surface area contributed by atoms with E-state index < -0.39 is 0 Å². The largest absolute Gasteiger partial charge is 0.327 e. The van der Waals surface area contributed by atoms with Crippen LogP contribution in [0.15, 0.2) is 0 Å². The van der Waals surface area contributed by atoms with Gasteiger partial charge >= 0.3 is 0 Å². The predicted octanol–water partition coefficient (Wildman–Crippen LogP) is 2.19. The van der Waals surface area contributed by atoms with Crippen molar-refractivity contribution in [1.82, 2.24) is 9.78 Å². The zero-order valence-corrected chi connectivity index (χ0v) is 10.7. The molecule has 1 unspecified atom stereocenters. The van der Waals surface area contributed by atoms with Crippen LogP contribution in [0.1, 0.15) is 43.1 Å². The Bertz CT molecular complexity index is 363. The Morgan fingerprint density at radius 2 is 2.12 bits per heavy atom. The molecule has 1 aliphatic carbocycles. The van der Waals surface area contributed by atoms with Crippen LogP contribution in [0, 0.1) is 19.8 Å². The van der Waals surface area contributed by atoms with Crippen molar-refractivity contribution in [2.24, 2.45) is 11.7 Å². The summed E-state index contributed by atoms with van der Waals surface area (Å²) in [6, 6.07) is 0.274. The fourth-order valence-corrected chi connectivity index (χ4v) is 2.16. The molecule has 0 bridgehead atoms. The summed E-state index contributed by atoms with van der Waals surface area (Å²) in [6.07, 6.45) is 4.76. The molecule has 1 aliphatic rings. The maximum Gasteiger partial charge on any atom is 0.0629 e. The molecule has 3 heteroatoms. The lowest BCUT2D eigenvalue weighted by Gasteiger charge is -2.09. The smallest absolute Gasteiger partial charge is 0.0629 e. The summed E-state index contributed by atoms with van der Waals surface area (Å²) in [5.41, 5.74) is 9.89. The van der Waals surface area contributed by atoms with E-state index in [4.69, 9.17) is 5.73 Å². The van der Waals surface area contributed by atoms with Gasteiger partial charge < -0.3 is 5.73 Å². The predicted molar refractivity (Wildman–Crippen MR) is 66.4 cm³/mol. The van der Waals surface area contributed by atoms with Crippen molar-refractivity contribution in [2.75, 3.05) is 0 Å². The Morgan fingerprint density at radius 3 is 2.69 bits per heavy atom. The van der Waals surface area contributed by atoms with Gasteiger partial charge in [0.25, 0.3) is 0 Å². The van der Waals surface area contributed by atoms with Crippen LogP contribution in [-0.2, 0) is 13.0 Å². The van der Waals surface area contributed by atoms with Crippen molar-refractivity contribution in [1.29, 1.82) is 0 Å². The fourth-order valence-electron chi connectivity index (χ4n) is 2.16. The second kappa shape index (κ2) is 4.58. The minimum absolute atomic E-state index is 0.274. The molecule has 90 valence electrons. The summed E-state index contributed by atoms with van der Waals surface area (Å²) in [6.45, 7) is 7.53. The minimum atomic E-state index is 0.274. The third-order valence-electron chi connectivity index (χ3n) is 3.65. The molecule has 0 aliphatic heterocycles. The summed E-state index contributed by atoms with van der Waals surface area (Å²) < 4.78 is 2.19. The van der Waals surface area contributed by atoms with Gasteiger partial charge in [0, 0.05) is 18.3 Å². The van der Waals surface area contributed by atoms with Crippen molar-refractivity contribution in [3.8, 4) is 0 Å². The van der Waals surface area contributed by atoms with E-state index in [0.717, 1.165) is 25.3 Å². The van der Waals surface area contributed by atoms with Gasteiger partial charge in [0.15, 0.2) is 0 Å². The van der Waals surface area contributed by atoms with Crippen molar-refractivity contribution in [2.45, 2.75) is 59.0 Å². The lowest BCUT2D eigenvalue weighted by Crippen LogP contribution is -2.22. The van der Waals surface area contributed by atoms with E-state index in [9.17, 15) is 0 Å². The normalized spacial score (nSPS) is 17.8. The maximum atomic E-state index is 6.03. The Kier molecular flexibility index (Phi) is 3.33. The molecule has 1 fully saturated rings. The Hall–Kier alpha value is -0.830. The zero-order chi connectivity index (χ0) is 11.7. The van der Waals surface area contributed by atoms with Gasteiger partial charge in [-0.1, -0.05) is 6.92 Å². The van der Waals surface area contributed by atoms with Crippen LogP contribution in [-0.4, -0.2) is 15.8 Å². The molecule has 0 amide bonds. The van der Waals surface area contributed by atoms with Crippen molar-refractivity contribution in [3.63, 3.8) is 0 Å². The summed E-state index contributed by atoms with van der Waals surface area (Å²) >= 11 is 0. The van der Waals surface area contributed by atoms with Gasteiger partial charge in [0.1, 0.15) is 0 Å². The first-order valence-electron chi connectivity index (χ1n) is 6.40. The highest BCUT2D eigenvalue weighted by Crippen LogP contribution is 2.31. The molecule has 0 radical (unpaired) electrons. The summed E-state index contributed by atoms with van der Waals surface area (Å²) in [4.78, 5) is 0. The Labute approximate surface area is 98.0 Å². The van der Waals surface area contributed by atoms with E-state index in [1.807, 2.05) is 0 Å². The van der Waals surface area contributed by atoms with Gasteiger partial charge in [-0.25, -0.2) is 0 Å². The number of aromatic nitrogens is 2. The SMILES string of the molecule is CCC(N)Cc1c(C)nn(CC2CC2)c1C. The van der Waals surface area contributed by atoms with Crippen LogP contribution in [0.5, 0.6) is 0 Å². The summed E-state index contributed by atoms with van der Waals surface area (Å²) in [7, 11) is 0. The second-order valence-electron chi connectivity index (χ2n) is 5.15. The van der Waals surface area contributed by atoms with Crippen molar-refractivity contribution in [3.05, 3.63) is 17.0 Å². The van der Waals surface area contributed by atoms with Crippen molar-refractivity contribution < 1.29 is 0 Å². The first-order chi connectivity index (χ1) is 7.61. The molecule has 1 aromatic rings. The molecule has 1 heterocycles. The zero-order valence-electron chi connectivity index (χ0n) is 10.7. The molecule has 0 aromatic carbocycles. The molecule has 1 saturated carbocycles. The molecule has 2 N–H and O–H groups in total. The Balaban J connectivity index is 2.13. The molecule has 0 saturated heterocycles. The molecule has 1 atom stereocenters. The van der Waals surface area contributed by atoms with Gasteiger partial charge in [-0.15, -0.1) is 0 Å². The van der Waals surface area contributed by atoms with Crippen molar-refractivity contribution >= 4 is 0 Å². The van der Waals surface area contributed by atoms with Crippen LogP contribution < -0.4 is 5.73 Å². The first-order valence-corrected chi connectivity index (χ1v) is 6.40. The number of hydrogen-bond donors (Lipinski definition) is 1. The first kappa shape index (κ1) is 11.6. The molecular formula is C13H23N3. The van der Waals surface area contributed by atoms with E-state index in [0.29, 0.717) is 0 Å². The van der Waals surface area contributed by atoms with Crippen LogP contribution in [0.2, 0.25) is 0 Å². The van der Waals surface area contributed by atoms with E-state index in [1.54, 1.807) is 0 Å². The van der Waals surface area contributed by atoms with E-state index in [-0.39, 0.29) is 6.04 Å². The molecule has 16 heavy (non-hydrogen) atoms. The number of nitrogens with two attached hydrogens (primary N) is 1. The molecule has 0 spiro atoms. The monoisotopic (exact) mass is 221 g/mol. The summed E-state index contributed by atoms with van der Waals surface area (Å²) in [5.74, 6) is 0.880. The van der Waals surface area contributed by atoms with E-state index in [1.165, 1.54) is 29.8 Å². The molecule has 1 aromatic heterocycles. The Morgan fingerprint density at radius 1 is 1.44 bits per heavy atom. The van der Waals surface area contributed by atoms with Gasteiger partial charge in [-0.3, -0.25) is 4.68 Å². The topological polar surface area (TPSA) is 43.8 Å². The standard InChI is InChI=1S/C13H23N3/c1-4-12(14)7-13-9(2)15-16(10(13)3)8-11-5-6-11/h11-12H,4-8,14H2,1-3H3. The average molecular weight is 221 g/mol. The third kappa shape index (κ3) is 2.46. The quantitative estimate of drug-likeness (QED) is 0.828. The van der Waals surface area contributed by atoms with Gasteiger partial charge in [-0.05, 0) is 51.0 Å². The van der Waals surface area contributed by atoms with Crippen LogP contribution >= 0.6 is 0 Å². The number of hydrogen-bond acceptors (Lipinski definition) is 2. The summed E-state index contributed by atoms with van der Waals surface area (Å²) in [5, 5.41) is 4.64. The lowest BCUT2D eigenvalue weighted by atomic mass is 10.0. The average Bonchev–Trinajstić information content (AvgIpc) is 3.02. The maximum absolute atomic E-state index is 6.03. The highest BCUT2D eigenvalue weighted by Gasteiger charge is 2.24. The second-order valence-corrected chi connectivity index (χ2v) is 5.15. The van der Waals surface area contributed by atoms with Gasteiger partial charge in [0.2, 0.25) is 0 Å². The van der Waals surface area contributed by atoms with Gasteiger partial charge in [0.05, 0.1) is 5.69 Å². The molecule has 3 nitrogen and oxygen atoms in total. The number of rotatable bonds is 5. The van der Waals surface area contributed by atoms with E-state index >= 15 is 0 Å². The highest BCUT2D eigenvalue weighted by atomic mass is 15.3. The highest BCUT2D eigenvalue weighted by molar-refractivity contribution is 5.25. The minimum Gasteiger partial charge on any atom is -0.327 e. The molecular weight excluding hydrogens is 198 g/mol. The molecule has 2 rings (SSSR count). The third-order valence-corrected chi connectivity index (χ3v) is 3.65. The van der Waals surface area contributed by atoms with Crippen LogP contribution in [0.4, 0.5) is 0 Å². The number of nitrogens with zero attached hydrogens (tertiary/aromatic N) is 2. The van der Waals surface area contributed by atoms with Crippen LogP contribution in [0.25, 0.3) is 0 Å². The lowest BCUT2D eigenvalue weighted by molar-refractivity contribution is 0.545. The fraction of sp³-hybridized carbons (Fsp3) is 0.769. The van der Waals surface area contributed by atoms with Crippen LogP contribution in [0.3, 0.4) is 0 Å². The van der Waals surface area contributed by atoms with Gasteiger partial charge in [-0.2, -0.15) is 5.10 Å². The van der Waals surface area contributed by atoms with E-state index in [2.05, 4.69) is 30.6 Å².